The van der Waals surface area contributed by atoms with Crippen LogP contribution in [0.15, 0.2) is 146 Å². The maximum absolute atomic E-state index is 13.5. The van der Waals surface area contributed by atoms with Gasteiger partial charge in [0.05, 0.1) is 136 Å². The number of aliphatic hydroxyl groups excluding tert-OH is 2. The summed E-state index contributed by atoms with van der Waals surface area (Å²) in [6.07, 6.45) is 20.5. The number of methoxy groups -OCH3 is 1. The minimum atomic E-state index is -3.11. The van der Waals surface area contributed by atoms with Crippen molar-refractivity contribution in [1.29, 1.82) is 0 Å². The third-order valence-electron chi connectivity index (χ3n) is 24.6. The molecule has 658 valence electrons. The molecule has 126 heavy (non-hydrogen) atoms. The Morgan fingerprint density at radius 3 is 1.13 bits per heavy atom. The number of aromatic nitrogens is 8. The Morgan fingerprint density at radius 1 is 0.429 bits per heavy atom. The van der Waals surface area contributed by atoms with Crippen LogP contribution in [0.3, 0.4) is 0 Å². The first-order valence-corrected chi connectivity index (χ1v) is 46.5. The van der Waals surface area contributed by atoms with E-state index in [-0.39, 0.29) is 47.6 Å². The fourth-order valence-electron chi connectivity index (χ4n) is 18.1. The number of likely N-dealkylation sites (tertiary alicyclic amines) is 5. The fraction of sp³-hybridized carbons (Fsp3) is 0.408. The molecule has 0 aliphatic carbocycles. The molecular formula is C98H111Cl2N15O10S. The Labute approximate surface area is 747 Å². The summed E-state index contributed by atoms with van der Waals surface area (Å²) < 4.78 is 42.4. The lowest BCUT2D eigenvalue weighted by atomic mass is 10.1. The van der Waals surface area contributed by atoms with Crippen molar-refractivity contribution < 1.29 is 47.3 Å². The molecule has 0 atom stereocenters. The van der Waals surface area contributed by atoms with E-state index >= 15 is 0 Å². The lowest BCUT2D eigenvalue weighted by Gasteiger charge is -2.28. The third kappa shape index (κ3) is 21.9. The summed E-state index contributed by atoms with van der Waals surface area (Å²) in [5.41, 5.74) is 20.2. The molecule has 5 fully saturated rings. The first-order valence-electron chi connectivity index (χ1n) is 43.7. The molecule has 0 saturated carbocycles. The zero-order valence-corrected chi connectivity index (χ0v) is 75.3. The van der Waals surface area contributed by atoms with E-state index < -0.39 is 9.84 Å². The van der Waals surface area contributed by atoms with Crippen molar-refractivity contribution in [2.75, 3.05) is 124 Å². The number of fused-ring (bicyclic) bond motifs is 4. The maximum Gasteiger partial charge on any atom is 0.187 e. The number of piperidine rings is 4. The summed E-state index contributed by atoms with van der Waals surface area (Å²) in [6.45, 7) is 36.6. The van der Waals surface area contributed by atoms with Crippen LogP contribution in [0.5, 0.6) is 5.75 Å². The quantitative estimate of drug-likeness (QED) is 0.0306. The number of carbonyl (C=O) groups is 4. The Balaban J connectivity index is 0.000000136. The highest BCUT2D eigenvalue weighted by Gasteiger charge is 2.32. The van der Waals surface area contributed by atoms with Gasteiger partial charge in [-0.3, -0.25) is 58.6 Å². The fourth-order valence-corrected chi connectivity index (χ4v) is 18.9. The van der Waals surface area contributed by atoms with Crippen molar-refractivity contribution in [3.63, 3.8) is 0 Å². The maximum atomic E-state index is 13.5. The van der Waals surface area contributed by atoms with Crippen LogP contribution >= 0.6 is 23.2 Å². The SMILES string of the molecule is COCCOc1cnc2c(C(=O)CN3CCCCC3)c(C)n(-c3ccc(Cl)cc3)c2c1.Cc1c(C(=O)CN2CCC(O)CC2)c2ncc(CCS(C)(=O)=O)cc2n1-c1ccc(Cl)cc1.[C-]#[N+]c1ccc(-n2c(C)c(C(=O)CN3CCC(O)CC3)c3ncc(C)cc32)cc1.[C-]#[N+]c1ccc(-n2c(C)c(C(=O)CN3CCCCC3)c3ncc(CN4CCCC4)cc32)cc1. The number of hydrogen-bond acceptors (Lipinski definition) is 19. The lowest BCUT2D eigenvalue weighted by molar-refractivity contribution is 0.0711. The van der Waals surface area contributed by atoms with Crippen LogP contribution in [-0.2, 0) is 27.5 Å². The predicted molar refractivity (Wildman–Crippen MR) is 497 cm³/mol. The standard InChI is InChI=1S/C27H31N5O.C24H28ClN3O4S.C24H28ClN3O3.C23H24N4O2/c1-20-26(25(33)19-31-12-4-3-5-13-31)27-24(32(20)23-10-8-22(28-2)9-11-23)16-21(17-29-27)18-30-14-6-7-15-30;1-16-23(22(30)15-27-10-7-20(29)8-11-27)24-21(28(16)19-5-3-18(25)4-6-19)13-17(14-26-24)9-12-33(2,31)32;1-17-23(22(29)16-27-10-4-3-5-11-27)24-21(14-20(15-26-24)31-13-12-30-2)28(17)19-8-6-18(25)7-9-19;1-15-12-20-23(25-13-15)22(21(29)14-26-10-8-19(28)9-11-26)16(2)27(20)18-6-4-17(24-3)5-7-18/h8-11,16-17H,3-7,12-15,18-19H2,1H3;3-6,13-14,20,29H,7-12,15H2,1-2H3;6-9,14-15H,3-5,10-13,16H2,1-2H3;4-7,12-13,19,28H,8-11,14H2,1-2H3. The molecule has 0 radical (unpaired) electrons. The summed E-state index contributed by atoms with van der Waals surface area (Å²) in [4.78, 5) is 90.4. The van der Waals surface area contributed by atoms with Crippen molar-refractivity contribution in [2.45, 2.75) is 137 Å². The zero-order chi connectivity index (χ0) is 88.9. The third-order valence-corrected chi connectivity index (χ3v) is 26.0. The van der Waals surface area contributed by atoms with Crippen LogP contribution in [0.1, 0.15) is 158 Å². The van der Waals surface area contributed by atoms with Gasteiger partial charge in [-0.25, -0.2) is 23.1 Å². The second-order valence-corrected chi connectivity index (χ2v) is 37.0. The number of ether oxygens (including phenoxy) is 2. The van der Waals surface area contributed by atoms with E-state index in [9.17, 15) is 37.8 Å². The van der Waals surface area contributed by atoms with E-state index in [1.54, 1.807) is 50.0 Å². The molecule has 12 aromatic rings. The molecule has 2 N–H and O–H groups in total. The zero-order valence-electron chi connectivity index (χ0n) is 73.0. The minimum Gasteiger partial charge on any atom is -0.489 e. The molecule has 5 saturated heterocycles. The Bertz CT molecular complexity index is 6120. The van der Waals surface area contributed by atoms with Gasteiger partial charge in [-0.2, -0.15) is 0 Å². The van der Waals surface area contributed by atoms with E-state index in [0.717, 1.165) is 162 Å². The highest BCUT2D eigenvalue weighted by Crippen LogP contribution is 2.37. The molecule has 0 bridgehead atoms. The molecular weight excluding hydrogens is 1650 g/mol. The molecule has 17 rings (SSSR count). The number of nitrogens with zero attached hydrogens (tertiary/aromatic N) is 15. The van der Waals surface area contributed by atoms with Gasteiger partial charge in [0.25, 0.3) is 0 Å². The number of ketones is 4. The molecule has 5 aliphatic rings. The Kier molecular flexibility index (Phi) is 30.4. The van der Waals surface area contributed by atoms with E-state index in [0.29, 0.717) is 138 Å². The molecule has 0 amide bonds. The topological polar surface area (TPSA) is 258 Å². The summed E-state index contributed by atoms with van der Waals surface area (Å²) in [5.74, 6) is 0.975. The number of Topliss-reactive ketones (excluding diaryl/α,β-unsaturated/α-hetero) is 4. The lowest BCUT2D eigenvalue weighted by Crippen LogP contribution is -2.39. The van der Waals surface area contributed by atoms with Crippen LogP contribution in [0, 0.1) is 47.8 Å². The Hall–Kier alpha value is -10.7. The first kappa shape index (κ1) is 91.5. The van der Waals surface area contributed by atoms with Gasteiger partial charge in [-0.05, 0) is 252 Å². The number of benzene rings is 4. The van der Waals surface area contributed by atoms with Gasteiger partial charge in [-0.1, -0.05) is 60.3 Å². The second-order valence-electron chi connectivity index (χ2n) is 33.8. The minimum absolute atomic E-state index is 0.0158. The van der Waals surface area contributed by atoms with Crippen LogP contribution in [0.2, 0.25) is 10.0 Å². The number of sulfone groups is 1. The summed E-state index contributed by atoms with van der Waals surface area (Å²) in [5, 5.41) is 20.8. The summed E-state index contributed by atoms with van der Waals surface area (Å²) >= 11 is 12.2. The van der Waals surface area contributed by atoms with Crippen molar-refractivity contribution in [3.05, 3.63) is 241 Å². The highest BCUT2D eigenvalue weighted by atomic mass is 35.5. The normalized spacial score (nSPS) is 15.9. The number of aryl methyl sites for hydroxylation is 2. The molecule has 28 heteroatoms. The van der Waals surface area contributed by atoms with Gasteiger partial charge in [0, 0.05) is 126 Å². The summed E-state index contributed by atoms with van der Waals surface area (Å²) in [7, 11) is -1.47. The molecule has 0 spiro atoms. The number of aliphatic hydroxyl groups is 2. The van der Waals surface area contributed by atoms with Crippen LogP contribution in [0.4, 0.5) is 11.4 Å². The highest BCUT2D eigenvalue weighted by molar-refractivity contribution is 7.90. The second kappa shape index (κ2) is 41.8. The van der Waals surface area contributed by atoms with E-state index in [4.69, 9.17) is 50.8 Å². The van der Waals surface area contributed by atoms with Crippen molar-refractivity contribution in [1.82, 2.24) is 62.7 Å². The van der Waals surface area contributed by atoms with Gasteiger partial charge >= 0.3 is 0 Å². The van der Waals surface area contributed by atoms with Gasteiger partial charge in [-0.15, -0.1) is 0 Å². The summed E-state index contributed by atoms with van der Waals surface area (Å²) in [6, 6.07) is 38.1. The van der Waals surface area contributed by atoms with Crippen molar-refractivity contribution in [2.24, 2.45) is 0 Å². The average molecular weight is 1760 g/mol. The molecule has 8 aromatic heterocycles. The largest absolute Gasteiger partial charge is 0.489 e. The van der Waals surface area contributed by atoms with Crippen molar-refractivity contribution >= 4 is 112 Å². The number of hydrogen-bond donors (Lipinski definition) is 2. The van der Waals surface area contributed by atoms with Crippen LogP contribution in [-0.4, -0.2) is 241 Å². The smallest absolute Gasteiger partial charge is 0.187 e. The van der Waals surface area contributed by atoms with Gasteiger partial charge < -0.3 is 38.0 Å². The monoisotopic (exact) mass is 1760 g/mol. The number of rotatable bonds is 25. The molecule has 0 unspecified atom stereocenters. The van der Waals surface area contributed by atoms with Crippen LogP contribution < -0.4 is 4.74 Å². The molecule has 4 aromatic carbocycles. The number of halogens is 2. The number of carbonyl (C=O) groups excluding carboxylic acids is 4. The van der Waals surface area contributed by atoms with E-state index in [2.05, 4.69) is 68.9 Å². The molecule has 25 nitrogen and oxygen atoms in total. The molecule has 13 heterocycles. The number of pyridine rings is 4. The van der Waals surface area contributed by atoms with Crippen molar-refractivity contribution in [3.8, 4) is 28.5 Å². The van der Waals surface area contributed by atoms with Crippen LogP contribution in [0.25, 0.3) is 76.6 Å². The van der Waals surface area contributed by atoms with E-state index in [1.165, 1.54) is 50.3 Å². The van der Waals surface area contributed by atoms with Gasteiger partial charge in [0.2, 0.25) is 0 Å². The predicted octanol–water partition coefficient (Wildman–Crippen LogP) is 16.9. The van der Waals surface area contributed by atoms with Gasteiger partial charge in [0.15, 0.2) is 34.5 Å². The Morgan fingerprint density at radius 2 is 0.754 bits per heavy atom. The van der Waals surface area contributed by atoms with E-state index in [1.807, 2.05) is 136 Å². The first-order chi connectivity index (χ1) is 60.8. The molecule has 5 aliphatic heterocycles. The van der Waals surface area contributed by atoms with Gasteiger partial charge in [0.1, 0.15) is 22.2 Å². The average Bonchev–Trinajstić information content (AvgIpc) is 1.13.